The summed E-state index contributed by atoms with van der Waals surface area (Å²) < 4.78 is 2.26. The summed E-state index contributed by atoms with van der Waals surface area (Å²) in [6.07, 6.45) is 6.94. The number of hydrogen-bond acceptors (Lipinski definition) is 3. The van der Waals surface area contributed by atoms with Gasteiger partial charge in [-0.1, -0.05) is 0 Å². The maximum absolute atomic E-state index is 4.72. The quantitative estimate of drug-likeness (QED) is 0.811. The van der Waals surface area contributed by atoms with Crippen molar-refractivity contribution >= 4 is 0 Å². The van der Waals surface area contributed by atoms with Crippen LogP contribution in [0.1, 0.15) is 25.2 Å². The van der Waals surface area contributed by atoms with Crippen molar-refractivity contribution in [1.29, 1.82) is 0 Å². The molecule has 0 unspecified atom stereocenters. The molecule has 88 valence electrons. The van der Waals surface area contributed by atoms with Crippen molar-refractivity contribution in [2.75, 3.05) is 6.54 Å². The van der Waals surface area contributed by atoms with Gasteiger partial charge in [-0.3, -0.25) is 4.98 Å². The van der Waals surface area contributed by atoms with Gasteiger partial charge in [-0.2, -0.15) is 0 Å². The van der Waals surface area contributed by atoms with Gasteiger partial charge in [-0.25, -0.2) is 4.98 Å². The van der Waals surface area contributed by atoms with Crippen LogP contribution >= 0.6 is 0 Å². The van der Waals surface area contributed by atoms with Crippen LogP contribution < -0.4 is 5.32 Å². The first kappa shape index (κ1) is 10.5. The van der Waals surface area contributed by atoms with Gasteiger partial charge in [0.2, 0.25) is 0 Å². The topological polar surface area (TPSA) is 42.7 Å². The smallest absolute Gasteiger partial charge is 0.126 e. The predicted octanol–water partition coefficient (Wildman–Crippen LogP) is 2.00. The molecule has 1 aliphatic rings. The molecule has 2 aromatic heterocycles. The van der Waals surface area contributed by atoms with Crippen LogP contribution in [0.3, 0.4) is 0 Å². The van der Waals surface area contributed by atoms with Crippen LogP contribution in [0.2, 0.25) is 0 Å². The first-order valence-electron chi connectivity index (χ1n) is 6.05. The van der Waals surface area contributed by atoms with Crippen molar-refractivity contribution in [3.05, 3.63) is 36.5 Å². The van der Waals surface area contributed by atoms with Crippen molar-refractivity contribution < 1.29 is 0 Å². The molecule has 3 heterocycles. The fraction of sp³-hybridized carbons (Fsp3) is 0.385. The molecule has 2 aromatic rings. The van der Waals surface area contributed by atoms with Gasteiger partial charge in [0.25, 0.3) is 0 Å². The van der Waals surface area contributed by atoms with Gasteiger partial charge in [-0.05, 0) is 32.0 Å². The van der Waals surface area contributed by atoms with Crippen LogP contribution in [0.5, 0.6) is 0 Å². The summed E-state index contributed by atoms with van der Waals surface area (Å²) >= 11 is 0. The fourth-order valence-corrected chi connectivity index (χ4v) is 2.27. The lowest BCUT2D eigenvalue weighted by Gasteiger charge is -2.08. The van der Waals surface area contributed by atoms with E-state index in [-0.39, 0.29) is 0 Å². The van der Waals surface area contributed by atoms with Crippen LogP contribution in [0.15, 0.2) is 30.7 Å². The Morgan fingerprint density at radius 3 is 3.24 bits per heavy atom. The number of pyridine rings is 1. The van der Waals surface area contributed by atoms with E-state index in [0.29, 0.717) is 6.04 Å². The Labute approximate surface area is 101 Å². The monoisotopic (exact) mass is 228 g/mol. The lowest BCUT2D eigenvalue weighted by Crippen LogP contribution is -2.18. The van der Waals surface area contributed by atoms with E-state index in [1.54, 1.807) is 6.20 Å². The first-order chi connectivity index (χ1) is 8.34. The zero-order valence-corrected chi connectivity index (χ0v) is 9.93. The SMILES string of the molecule is C[C@@H]1NCCCn2cc(-c3cccnc3)nc21. The molecule has 4 nitrogen and oxygen atoms in total. The Kier molecular flexibility index (Phi) is 2.65. The molecule has 0 saturated heterocycles. The Morgan fingerprint density at radius 1 is 1.47 bits per heavy atom. The zero-order chi connectivity index (χ0) is 11.7. The van der Waals surface area contributed by atoms with Crippen molar-refractivity contribution in [2.45, 2.75) is 25.9 Å². The van der Waals surface area contributed by atoms with Gasteiger partial charge < -0.3 is 9.88 Å². The van der Waals surface area contributed by atoms with Gasteiger partial charge in [-0.15, -0.1) is 0 Å². The summed E-state index contributed by atoms with van der Waals surface area (Å²) in [5, 5.41) is 3.47. The van der Waals surface area contributed by atoms with Gasteiger partial charge >= 0.3 is 0 Å². The number of fused-ring (bicyclic) bond motifs is 1. The maximum Gasteiger partial charge on any atom is 0.126 e. The molecule has 17 heavy (non-hydrogen) atoms. The van der Waals surface area contributed by atoms with Crippen molar-refractivity contribution in [2.24, 2.45) is 0 Å². The third kappa shape index (κ3) is 1.96. The van der Waals surface area contributed by atoms with E-state index in [2.05, 4.69) is 28.0 Å². The predicted molar refractivity (Wildman–Crippen MR) is 66.5 cm³/mol. The van der Waals surface area contributed by atoms with Crippen molar-refractivity contribution in [3.8, 4) is 11.3 Å². The standard InChI is InChI=1S/C13H16N4/c1-10-13-16-12(11-4-2-5-14-8-11)9-17(13)7-3-6-15-10/h2,4-5,8-10,15H,3,6-7H2,1H3/t10-/m0/s1. The van der Waals surface area contributed by atoms with Crippen molar-refractivity contribution in [3.63, 3.8) is 0 Å². The number of aryl methyl sites for hydroxylation is 1. The summed E-state index contributed by atoms with van der Waals surface area (Å²) in [7, 11) is 0. The summed E-state index contributed by atoms with van der Waals surface area (Å²) in [4.78, 5) is 8.86. The van der Waals surface area contributed by atoms with Gasteiger partial charge in [0.1, 0.15) is 5.82 Å². The molecule has 0 radical (unpaired) electrons. The Hall–Kier alpha value is -1.68. The highest BCUT2D eigenvalue weighted by Crippen LogP contribution is 2.22. The maximum atomic E-state index is 4.72. The van der Waals surface area contributed by atoms with Crippen LogP contribution in [0.25, 0.3) is 11.3 Å². The molecule has 0 aliphatic carbocycles. The minimum absolute atomic E-state index is 0.322. The molecule has 1 N–H and O–H groups in total. The van der Waals surface area contributed by atoms with Crippen LogP contribution in [-0.2, 0) is 6.54 Å². The highest BCUT2D eigenvalue weighted by molar-refractivity contribution is 5.57. The molecule has 1 atom stereocenters. The van der Waals surface area contributed by atoms with E-state index in [1.807, 2.05) is 18.3 Å². The molecule has 3 rings (SSSR count). The van der Waals surface area contributed by atoms with Crippen LogP contribution in [-0.4, -0.2) is 21.1 Å². The van der Waals surface area contributed by atoms with Crippen LogP contribution in [0, 0.1) is 0 Å². The van der Waals surface area contributed by atoms with Crippen LogP contribution in [0.4, 0.5) is 0 Å². The molecule has 0 amide bonds. The highest BCUT2D eigenvalue weighted by atomic mass is 15.1. The third-order valence-corrected chi connectivity index (χ3v) is 3.18. The lowest BCUT2D eigenvalue weighted by atomic mass is 10.2. The summed E-state index contributed by atoms with van der Waals surface area (Å²) in [5.41, 5.74) is 2.10. The minimum Gasteiger partial charge on any atom is -0.333 e. The number of hydrogen-bond donors (Lipinski definition) is 1. The fourth-order valence-electron chi connectivity index (χ4n) is 2.27. The number of imidazole rings is 1. The van der Waals surface area contributed by atoms with E-state index < -0.39 is 0 Å². The van der Waals surface area contributed by atoms with E-state index >= 15 is 0 Å². The zero-order valence-electron chi connectivity index (χ0n) is 9.93. The molecule has 0 spiro atoms. The van der Waals surface area contributed by atoms with E-state index in [9.17, 15) is 0 Å². The third-order valence-electron chi connectivity index (χ3n) is 3.18. The average Bonchev–Trinajstić information content (AvgIpc) is 2.72. The average molecular weight is 228 g/mol. The Bertz CT molecular complexity index is 503. The molecule has 1 aliphatic heterocycles. The molecule has 0 bridgehead atoms. The molecular formula is C13H16N4. The number of nitrogens with one attached hydrogen (secondary N) is 1. The van der Waals surface area contributed by atoms with Gasteiger partial charge in [0.05, 0.1) is 11.7 Å². The molecule has 0 fully saturated rings. The first-order valence-corrected chi connectivity index (χ1v) is 6.05. The number of nitrogens with zero attached hydrogens (tertiary/aromatic N) is 3. The van der Waals surface area contributed by atoms with Gasteiger partial charge in [0, 0.05) is 30.7 Å². The highest BCUT2D eigenvalue weighted by Gasteiger charge is 2.17. The normalized spacial score (nSPS) is 19.7. The second-order valence-electron chi connectivity index (χ2n) is 4.45. The second-order valence-corrected chi connectivity index (χ2v) is 4.45. The Balaban J connectivity index is 2.02. The second kappa shape index (κ2) is 4.30. The van der Waals surface area contributed by atoms with E-state index in [4.69, 9.17) is 4.98 Å². The largest absolute Gasteiger partial charge is 0.333 e. The molecule has 0 saturated carbocycles. The lowest BCUT2D eigenvalue weighted by molar-refractivity contribution is 0.571. The van der Waals surface area contributed by atoms with E-state index in [1.165, 1.54) is 0 Å². The minimum atomic E-state index is 0.322. The van der Waals surface area contributed by atoms with Gasteiger partial charge in [0.15, 0.2) is 0 Å². The molecule has 4 heteroatoms. The molecule has 0 aromatic carbocycles. The van der Waals surface area contributed by atoms with E-state index in [0.717, 1.165) is 36.6 Å². The summed E-state index contributed by atoms with van der Waals surface area (Å²) in [5.74, 6) is 1.13. The number of aromatic nitrogens is 3. The number of rotatable bonds is 1. The Morgan fingerprint density at radius 2 is 2.41 bits per heavy atom. The summed E-state index contributed by atoms with van der Waals surface area (Å²) in [6.45, 7) is 4.27. The molecular weight excluding hydrogens is 212 g/mol. The van der Waals surface area contributed by atoms with Crippen molar-refractivity contribution in [1.82, 2.24) is 19.9 Å². The summed E-state index contributed by atoms with van der Waals surface area (Å²) in [6, 6.07) is 4.32.